The summed E-state index contributed by atoms with van der Waals surface area (Å²) in [6.45, 7) is 4.89. The van der Waals surface area contributed by atoms with Crippen LogP contribution in [0, 0.1) is 0 Å². The zero-order valence-corrected chi connectivity index (χ0v) is 12.9. The van der Waals surface area contributed by atoms with E-state index in [9.17, 15) is 9.59 Å². The molecule has 0 saturated carbocycles. The molecule has 1 aromatic rings. The van der Waals surface area contributed by atoms with Crippen LogP contribution in [0.25, 0.3) is 0 Å². The van der Waals surface area contributed by atoms with Gasteiger partial charge in [-0.15, -0.1) is 0 Å². The van der Waals surface area contributed by atoms with Gasteiger partial charge in [0, 0.05) is 18.9 Å². The predicted molar refractivity (Wildman–Crippen MR) is 78.6 cm³/mol. The molecular weight excluding hydrogens is 272 g/mol. The Morgan fingerprint density at radius 3 is 2.81 bits per heavy atom. The summed E-state index contributed by atoms with van der Waals surface area (Å²) in [7, 11) is 1.27. The first-order valence-corrected chi connectivity index (χ1v) is 7.24. The van der Waals surface area contributed by atoms with Crippen LogP contribution in [0.2, 0.25) is 0 Å². The van der Waals surface area contributed by atoms with Crippen molar-refractivity contribution in [2.75, 3.05) is 20.2 Å². The third kappa shape index (κ3) is 5.09. The number of alkyl carbamates (subject to hydrolysis) is 1. The molecule has 1 atom stereocenters. The van der Waals surface area contributed by atoms with E-state index < -0.39 is 6.09 Å². The molecule has 0 unspecified atom stereocenters. The number of methoxy groups -OCH3 is 1. The first-order chi connectivity index (χ1) is 10.1. The molecule has 0 aromatic carbocycles. The van der Waals surface area contributed by atoms with Gasteiger partial charge in [-0.25, -0.2) is 9.78 Å². The number of H-pyrrole nitrogens is 1. The first kappa shape index (κ1) is 17.0. The number of likely N-dealkylation sites (tertiary alicyclic amines) is 1. The van der Waals surface area contributed by atoms with Crippen LogP contribution in [-0.2, 0) is 9.53 Å². The third-order valence-electron chi connectivity index (χ3n) is 2.98. The SMILES string of the molecule is CCC.COC(=O)NCC(=O)N1CCC[C@@H]1c1ncc[nH]1. The fourth-order valence-corrected chi connectivity index (χ4v) is 2.13. The second kappa shape index (κ2) is 8.99. The molecule has 2 heterocycles. The minimum absolute atomic E-state index is 0.0213. The van der Waals surface area contributed by atoms with E-state index >= 15 is 0 Å². The van der Waals surface area contributed by atoms with Gasteiger partial charge in [0.15, 0.2) is 0 Å². The highest BCUT2D eigenvalue weighted by molar-refractivity contribution is 5.82. The summed E-state index contributed by atoms with van der Waals surface area (Å²) in [5.74, 6) is 0.665. The van der Waals surface area contributed by atoms with Gasteiger partial charge in [-0.1, -0.05) is 20.3 Å². The largest absolute Gasteiger partial charge is 0.453 e. The van der Waals surface area contributed by atoms with Crippen LogP contribution in [0.1, 0.15) is 45.0 Å². The molecule has 21 heavy (non-hydrogen) atoms. The number of ether oxygens (including phenoxy) is 1. The van der Waals surface area contributed by atoms with Gasteiger partial charge >= 0.3 is 6.09 Å². The minimum atomic E-state index is -0.600. The molecule has 1 aliphatic rings. The Hall–Kier alpha value is -2.05. The summed E-state index contributed by atoms with van der Waals surface area (Å²) in [4.78, 5) is 31.8. The third-order valence-corrected chi connectivity index (χ3v) is 2.98. The van der Waals surface area contributed by atoms with Gasteiger partial charge in [0.05, 0.1) is 13.2 Å². The Morgan fingerprint density at radius 2 is 2.24 bits per heavy atom. The van der Waals surface area contributed by atoms with Crippen molar-refractivity contribution in [1.82, 2.24) is 20.2 Å². The first-order valence-electron chi connectivity index (χ1n) is 7.24. The van der Waals surface area contributed by atoms with Crippen LogP contribution in [0.5, 0.6) is 0 Å². The average Bonchev–Trinajstić information content (AvgIpc) is 3.14. The lowest BCUT2D eigenvalue weighted by Gasteiger charge is -2.23. The number of carbonyl (C=O) groups excluding carboxylic acids is 2. The van der Waals surface area contributed by atoms with Crippen LogP contribution >= 0.6 is 0 Å². The molecule has 7 heteroatoms. The Bertz CT molecular complexity index is 433. The van der Waals surface area contributed by atoms with Crippen LogP contribution in [0.15, 0.2) is 12.4 Å². The molecule has 0 radical (unpaired) electrons. The highest BCUT2D eigenvalue weighted by Gasteiger charge is 2.31. The molecule has 2 rings (SSSR count). The van der Waals surface area contributed by atoms with Crippen molar-refractivity contribution in [2.45, 2.75) is 39.2 Å². The van der Waals surface area contributed by atoms with Crippen molar-refractivity contribution >= 4 is 12.0 Å². The maximum absolute atomic E-state index is 12.0. The van der Waals surface area contributed by atoms with Crippen LogP contribution in [-0.4, -0.2) is 47.1 Å². The van der Waals surface area contributed by atoms with Gasteiger partial charge in [-0.3, -0.25) is 4.79 Å². The van der Waals surface area contributed by atoms with Gasteiger partial charge in [0.25, 0.3) is 0 Å². The van der Waals surface area contributed by atoms with E-state index in [0.717, 1.165) is 18.7 Å². The second-order valence-electron chi connectivity index (χ2n) is 4.77. The summed E-state index contributed by atoms with van der Waals surface area (Å²) in [6.07, 6.45) is 5.89. The van der Waals surface area contributed by atoms with E-state index in [1.54, 1.807) is 17.3 Å². The van der Waals surface area contributed by atoms with Crippen LogP contribution in [0.4, 0.5) is 4.79 Å². The molecule has 2 amide bonds. The van der Waals surface area contributed by atoms with E-state index in [1.807, 2.05) is 0 Å². The normalized spacial score (nSPS) is 16.9. The number of aromatic nitrogens is 2. The maximum Gasteiger partial charge on any atom is 0.407 e. The second-order valence-corrected chi connectivity index (χ2v) is 4.77. The lowest BCUT2D eigenvalue weighted by molar-refractivity contribution is -0.131. The molecule has 1 aromatic heterocycles. The molecule has 1 saturated heterocycles. The van der Waals surface area contributed by atoms with Crippen molar-refractivity contribution in [3.63, 3.8) is 0 Å². The molecule has 118 valence electrons. The van der Waals surface area contributed by atoms with Gasteiger partial charge in [-0.2, -0.15) is 0 Å². The number of carbonyl (C=O) groups is 2. The number of nitrogens with zero attached hydrogens (tertiary/aromatic N) is 2. The number of aromatic amines is 1. The molecule has 2 N–H and O–H groups in total. The van der Waals surface area contributed by atoms with Gasteiger partial charge in [0.2, 0.25) is 5.91 Å². The molecule has 0 spiro atoms. The van der Waals surface area contributed by atoms with Crippen molar-refractivity contribution in [3.05, 3.63) is 18.2 Å². The van der Waals surface area contributed by atoms with Crippen molar-refractivity contribution in [1.29, 1.82) is 0 Å². The molecule has 1 aliphatic heterocycles. The lowest BCUT2D eigenvalue weighted by Crippen LogP contribution is -2.40. The summed E-state index contributed by atoms with van der Waals surface area (Å²) < 4.78 is 4.42. The quantitative estimate of drug-likeness (QED) is 0.891. The highest BCUT2D eigenvalue weighted by atomic mass is 16.5. The summed E-state index contributed by atoms with van der Waals surface area (Å²) in [5.41, 5.74) is 0. The highest BCUT2D eigenvalue weighted by Crippen LogP contribution is 2.29. The van der Waals surface area contributed by atoms with Crippen LogP contribution in [0.3, 0.4) is 0 Å². The summed E-state index contributed by atoms with van der Waals surface area (Å²) in [6, 6.07) is -0.0213. The Labute approximate surface area is 125 Å². The smallest absolute Gasteiger partial charge is 0.407 e. The number of amides is 2. The van der Waals surface area contributed by atoms with E-state index in [0.29, 0.717) is 6.54 Å². The number of imidazole rings is 1. The van der Waals surface area contributed by atoms with Crippen molar-refractivity contribution in [3.8, 4) is 0 Å². The van der Waals surface area contributed by atoms with E-state index in [4.69, 9.17) is 0 Å². The maximum atomic E-state index is 12.0. The fourth-order valence-electron chi connectivity index (χ4n) is 2.13. The van der Waals surface area contributed by atoms with E-state index in [2.05, 4.69) is 33.9 Å². The van der Waals surface area contributed by atoms with Crippen LogP contribution < -0.4 is 5.32 Å². The number of hydrogen-bond donors (Lipinski definition) is 2. The Morgan fingerprint density at radius 1 is 1.52 bits per heavy atom. The molecule has 1 fully saturated rings. The standard InChI is InChI=1S/C11H16N4O3.C3H8/c1-18-11(17)14-7-9(16)15-6-2-3-8(15)10-12-4-5-13-10;1-3-2/h4-5,8H,2-3,6-7H2,1H3,(H,12,13)(H,14,17);3H2,1-2H3/t8-;/m1./s1. The van der Waals surface area contributed by atoms with Crippen molar-refractivity contribution in [2.24, 2.45) is 0 Å². The Balaban J connectivity index is 0.000000677. The lowest BCUT2D eigenvalue weighted by atomic mass is 10.2. The van der Waals surface area contributed by atoms with Crippen molar-refractivity contribution < 1.29 is 14.3 Å². The van der Waals surface area contributed by atoms with E-state index in [1.165, 1.54) is 13.5 Å². The molecule has 7 nitrogen and oxygen atoms in total. The monoisotopic (exact) mass is 296 g/mol. The van der Waals surface area contributed by atoms with Gasteiger partial charge in [0.1, 0.15) is 12.4 Å². The average molecular weight is 296 g/mol. The minimum Gasteiger partial charge on any atom is -0.453 e. The summed E-state index contributed by atoms with van der Waals surface area (Å²) >= 11 is 0. The van der Waals surface area contributed by atoms with Gasteiger partial charge < -0.3 is 19.9 Å². The molecule has 0 aliphatic carbocycles. The number of hydrogen-bond acceptors (Lipinski definition) is 4. The van der Waals surface area contributed by atoms with Gasteiger partial charge in [-0.05, 0) is 12.8 Å². The Kier molecular flexibility index (Phi) is 7.28. The number of rotatable bonds is 3. The molecular formula is C14H24N4O3. The summed E-state index contributed by atoms with van der Waals surface area (Å²) in [5, 5.41) is 2.39. The topological polar surface area (TPSA) is 87.3 Å². The zero-order chi connectivity index (χ0) is 15.7. The van der Waals surface area contributed by atoms with E-state index in [-0.39, 0.29) is 18.5 Å². The number of nitrogens with one attached hydrogen (secondary N) is 2. The predicted octanol–water partition coefficient (Wildman–Crippen LogP) is 1.85. The fraction of sp³-hybridized carbons (Fsp3) is 0.643. The molecule has 0 bridgehead atoms. The zero-order valence-electron chi connectivity index (χ0n) is 12.9.